The van der Waals surface area contributed by atoms with Crippen LogP contribution in [-0.4, -0.2) is 48.2 Å². The Hall–Kier alpha value is -3.39. The second-order valence-corrected chi connectivity index (χ2v) is 7.08. The SMILES string of the molecule is COc1ccc(CCN(C)Cc2nc3ccccc3c(=O)n2CC(N)=O)cc1OC. The maximum atomic E-state index is 12.8. The molecule has 1 amide bonds. The van der Waals surface area contributed by atoms with E-state index in [-0.39, 0.29) is 12.1 Å². The van der Waals surface area contributed by atoms with Gasteiger partial charge in [0.25, 0.3) is 5.56 Å². The molecule has 0 saturated heterocycles. The Labute approximate surface area is 174 Å². The predicted octanol–water partition coefficient (Wildman–Crippen LogP) is 1.57. The summed E-state index contributed by atoms with van der Waals surface area (Å²) in [6.45, 7) is 0.922. The first kappa shape index (κ1) is 21.3. The van der Waals surface area contributed by atoms with E-state index in [0.29, 0.717) is 34.8 Å². The Balaban J connectivity index is 1.80. The summed E-state index contributed by atoms with van der Waals surface area (Å²) in [6.07, 6.45) is 0.768. The van der Waals surface area contributed by atoms with Crippen LogP contribution in [0, 0.1) is 0 Å². The average Bonchev–Trinajstić information content (AvgIpc) is 2.74. The lowest BCUT2D eigenvalue weighted by Gasteiger charge is -2.19. The summed E-state index contributed by atoms with van der Waals surface area (Å²) in [6, 6.07) is 12.9. The van der Waals surface area contributed by atoms with Gasteiger partial charge in [0.1, 0.15) is 12.4 Å². The van der Waals surface area contributed by atoms with Crippen molar-refractivity contribution in [3.8, 4) is 11.5 Å². The molecule has 2 aromatic carbocycles. The monoisotopic (exact) mass is 410 g/mol. The van der Waals surface area contributed by atoms with Crippen LogP contribution in [0.3, 0.4) is 0 Å². The largest absolute Gasteiger partial charge is 0.493 e. The van der Waals surface area contributed by atoms with Gasteiger partial charge < -0.3 is 15.2 Å². The normalized spacial score (nSPS) is 11.1. The molecule has 158 valence electrons. The maximum Gasteiger partial charge on any atom is 0.261 e. The number of nitrogens with zero attached hydrogens (tertiary/aromatic N) is 3. The molecule has 0 fully saturated rings. The minimum atomic E-state index is -0.580. The number of ether oxygens (including phenoxy) is 2. The Kier molecular flexibility index (Phi) is 6.68. The lowest BCUT2D eigenvalue weighted by atomic mass is 10.1. The highest BCUT2D eigenvalue weighted by Gasteiger charge is 2.14. The van der Waals surface area contributed by atoms with E-state index in [4.69, 9.17) is 15.2 Å². The molecule has 8 heteroatoms. The number of amides is 1. The Morgan fingerprint density at radius 3 is 2.57 bits per heavy atom. The fraction of sp³-hybridized carbons (Fsp3) is 0.318. The van der Waals surface area contributed by atoms with E-state index in [1.807, 2.05) is 36.2 Å². The van der Waals surface area contributed by atoms with E-state index in [2.05, 4.69) is 4.98 Å². The molecule has 0 aliphatic heterocycles. The van der Waals surface area contributed by atoms with Gasteiger partial charge in [-0.25, -0.2) is 4.98 Å². The highest BCUT2D eigenvalue weighted by Crippen LogP contribution is 2.27. The Morgan fingerprint density at radius 1 is 1.13 bits per heavy atom. The zero-order valence-corrected chi connectivity index (χ0v) is 17.4. The van der Waals surface area contributed by atoms with Gasteiger partial charge in [0.15, 0.2) is 11.5 Å². The zero-order valence-electron chi connectivity index (χ0n) is 17.4. The Morgan fingerprint density at radius 2 is 1.87 bits per heavy atom. The van der Waals surface area contributed by atoms with E-state index < -0.39 is 5.91 Å². The van der Waals surface area contributed by atoms with Crippen molar-refractivity contribution in [1.29, 1.82) is 0 Å². The Bertz CT molecular complexity index is 1110. The van der Waals surface area contributed by atoms with Gasteiger partial charge in [-0.3, -0.25) is 19.1 Å². The minimum absolute atomic E-state index is 0.199. The fourth-order valence-corrected chi connectivity index (χ4v) is 3.33. The predicted molar refractivity (Wildman–Crippen MR) is 115 cm³/mol. The van der Waals surface area contributed by atoms with Crippen molar-refractivity contribution in [3.05, 3.63) is 64.2 Å². The van der Waals surface area contributed by atoms with Crippen LogP contribution in [0.4, 0.5) is 0 Å². The van der Waals surface area contributed by atoms with Gasteiger partial charge in [-0.05, 0) is 43.3 Å². The number of carbonyl (C=O) groups is 1. The number of hydrogen-bond acceptors (Lipinski definition) is 6. The molecule has 3 rings (SSSR count). The van der Waals surface area contributed by atoms with Crippen molar-refractivity contribution in [2.75, 3.05) is 27.8 Å². The van der Waals surface area contributed by atoms with Crippen LogP contribution < -0.4 is 20.8 Å². The van der Waals surface area contributed by atoms with Gasteiger partial charge in [-0.2, -0.15) is 0 Å². The van der Waals surface area contributed by atoms with Crippen molar-refractivity contribution >= 4 is 16.8 Å². The van der Waals surface area contributed by atoms with Crippen LogP contribution >= 0.6 is 0 Å². The van der Waals surface area contributed by atoms with Crippen molar-refractivity contribution in [1.82, 2.24) is 14.5 Å². The molecule has 0 saturated carbocycles. The summed E-state index contributed by atoms with van der Waals surface area (Å²) in [5.41, 5.74) is 6.80. The van der Waals surface area contributed by atoms with Crippen molar-refractivity contribution < 1.29 is 14.3 Å². The smallest absolute Gasteiger partial charge is 0.261 e. The van der Waals surface area contributed by atoms with Crippen molar-refractivity contribution in [2.24, 2.45) is 5.73 Å². The second kappa shape index (κ2) is 9.41. The van der Waals surface area contributed by atoms with Crippen molar-refractivity contribution in [3.63, 3.8) is 0 Å². The van der Waals surface area contributed by atoms with E-state index in [9.17, 15) is 9.59 Å². The van der Waals surface area contributed by atoms with E-state index in [1.165, 1.54) is 4.57 Å². The molecule has 0 aliphatic carbocycles. The average molecular weight is 410 g/mol. The number of nitrogens with two attached hydrogens (primary N) is 1. The first-order valence-electron chi connectivity index (χ1n) is 9.59. The summed E-state index contributed by atoms with van der Waals surface area (Å²) in [5.74, 6) is 1.30. The molecule has 0 aliphatic rings. The lowest BCUT2D eigenvalue weighted by Crippen LogP contribution is -2.34. The van der Waals surface area contributed by atoms with Gasteiger partial charge in [-0.1, -0.05) is 18.2 Å². The van der Waals surface area contributed by atoms with Crippen molar-refractivity contribution in [2.45, 2.75) is 19.5 Å². The number of primary amides is 1. The molecule has 2 N–H and O–H groups in total. The molecule has 0 atom stereocenters. The standard InChI is InChI=1S/C22H26N4O4/c1-25(11-10-15-8-9-18(29-2)19(12-15)30-3)14-21-24-17-7-5-4-6-16(17)22(28)26(21)13-20(23)27/h4-9,12H,10-11,13-14H2,1-3H3,(H2,23,27). The molecule has 3 aromatic rings. The van der Waals surface area contributed by atoms with Crippen LogP contribution in [0.15, 0.2) is 47.3 Å². The first-order chi connectivity index (χ1) is 14.4. The molecule has 30 heavy (non-hydrogen) atoms. The number of methoxy groups -OCH3 is 2. The zero-order chi connectivity index (χ0) is 21.7. The van der Waals surface area contributed by atoms with Gasteiger partial charge in [0, 0.05) is 6.54 Å². The summed E-state index contributed by atoms with van der Waals surface area (Å²) >= 11 is 0. The number of likely N-dealkylation sites (N-methyl/N-ethyl adjacent to an activating group) is 1. The van der Waals surface area contributed by atoms with Crippen LogP contribution in [0.25, 0.3) is 10.9 Å². The van der Waals surface area contributed by atoms with Gasteiger partial charge >= 0.3 is 0 Å². The van der Waals surface area contributed by atoms with Crippen LogP contribution in [0.1, 0.15) is 11.4 Å². The summed E-state index contributed by atoms with van der Waals surface area (Å²) in [4.78, 5) is 31.0. The molecular formula is C22H26N4O4. The van der Waals surface area contributed by atoms with Crippen LogP contribution in [0.2, 0.25) is 0 Å². The third-order valence-corrected chi connectivity index (χ3v) is 4.90. The maximum absolute atomic E-state index is 12.8. The van der Waals surface area contributed by atoms with E-state index in [1.54, 1.807) is 32.4 Å². The quantitative estimate of drug-likeness (QED) is 0.575. The number of benzene rings is 2. The molecule has 0 bridgehead atoms. The first-order valence-corrected chi connectivity index (χ1v) is 9.59. The minimum Gasteiger partial charge on any atom is -0.493 e. The summed E-state index contributed by atoms with van der Waals surface area (Å²) in [5, 5.41) is 0.468. The number of fused-ring (bicyclic) bond motifs is 1. The fourth-order valence-electron chi connectivity index (χ4n) is 3.33. The summed E-state index contributed by atoms with van der Waals surface area (Å²) < 4.78 is 12.0. The molecule has 8 nitrogen and oxygen atoms in total. The number of hydrogen-bond donors (Lipinski definition) is 1. The highest BCUT2D eigenvalue weighted by atomic mass is 16.5. The lowest BCUT2D eigenvalue weighted by molar-refractivity contribution is -0.118. The topological polar surface area (TPSA) is 99.7 Å². The van der Waals surface area contributed by atoms with Gasteiger partial charge in [0.2, 0.25) is 5.91 Å². The second-order valence-electron chi connectivity index (χ2n) is 7.08. The molecule has 0 radical (unpaired) electrons. The van der Waals surface area contributed by atoms with Gasteiger partial charge in [-0.15, -0.1) is 0 Å². The number of carbonyl (C=O) groups excluding carboxylic acids is 1. The number of para-hydroxylation sites is 1. The van der Waals surface area contributed by atoms with Crippen LogP contribution in [-0.2, 0) is 24.3 Å². The molecule has 0 spiro atoms. The third-order valence-electron chi connectivity index (χ3n) is 4.90. The molecular weight excluding hydrogens is 384 g/mol. The van der Waals surface area contributed by atoms with E-state index in [0.717, 1.165) is 18.5 Å². The van der Waals surface area contributed by atoms with Crippen LogP contribution in [0.5, 0.6) is 11.5 Å². The number of aromatic nitrogens is 2. The van der Waals surface area contributed by atoms with Gasteiger partial charge in [0.05, 0.1) is 31.7 Å². The third kappa shape index (κ3) is 4.77. The van der Waals surface area contributed by atoms with E-state index >= 15 is 0 Å². The molecule has 0 unspecified atom stereocenters. The number of rotatable bonds is 9. The molecule has 1 heterocycles. The molecule has 1 aromatic heterocycles. The highest BCUT2D eigenvalue weighted by molar-refractivity contribution is 5.78. The summed E-state index contributed by atoms with van der Waals surface area (Å²) in [7, 11) is 5.15.